The monoisotopic (exact) mass is 495 g/mol. The third-order valence-electron chi connectivity index (χ3n) is 5.78. The Balaban J connectivity index is 0.00000289. The van der Waals surface area contributed by atoms with Gasteiger partial charge in [0.05, 0.1) is 11.7 Å². The summed E-state index contributed by atoms with van der Waals surface area (Å²) in [5, 5.41) is 4.10. The van der Waals surface area contributed by atoms with Gasteiger partial charge in [-0.15, -0.1) is 12.4 Å². The minimum atomic E-state index is -0.487. The van der Waals surface area contributed by atoms with E-state index in [1.165, 1.54) is 43.0 Å². The molecule has 1 saturated carbocycles. The van der Waals surface area contributed by atoms with Gasteiger partial charge in [-0.25, -0.2) is 4.39 Å². The predicted molar refractivity (Wildman–Crippen MR) is 134 cm³/mol. The van der Waals surface area contributed by atoms with Gasteiger partial charge in [0.25, 0.3) is 0 Å². The number of anilines is 1. The average molecular weight is 496 g/mol. The van der Waals surface area contributed by atoms with E-state index in [4.69, 9.17) is 16.6 Å². The van der Waals surface area contributed by atoms with E-state index in [-0.39, 0.29) is 36.5 Å². The lowest BCUT2D eigenvalue weighted by Crippen LogP contribution is -2.37. The Morgan fingerprint density at radius 1 is 1.16 bits per heavy atom. The van der Waals surface area contributed by atoms with Crippen molar-refractivity contribution in [3.63, 3.8) is 0 Å². The van der Waals surface area contributed by atoms with Crippen molar-refractivity contribution in [2.75, 3.05) is 11.1 Å². The summed E-state index contributed by atoms with van der Waals surface area (Å²) < 4.78 is 14.0. The van der Waals surface area contributed by atoms with Crippen LogP contribution in [0.1, 0.15) is 44.1 Å². The number of carbonyl (C=O) groups is 1. The molecule has 0 spiro atoms. The number of nitrogens with one attached hydrogen (secondary N) is 1. The fourth-order valence-electron chi connectivity index (χ4n) is 4.13. The molecule has 1 N–H and O–H groups in total. The summed E-state index contributed by atoms with van der Waals surface area (Å²) in [4.78, 5) is 20.1. The number of rotatable bonds is 6. The first-order valence-corrected chi connectivity index (χ1v) is 12.2. The van der Waals surface area contributed by atoms with Crippen molar-refractivity contribution in [1.29, 1.82) is 0 Å². The summed E-state index contributed by atoms with van der Waals surface area (Å²) in [7, 11) is 0. The maximum atomic E-state index is 14.0. The van der Waals surface area contributed by atoms with E-state index >= 15 is 0 Å². The summed E-state index contributed by atoms with van der Waals surface area (Å²) in [6.07, 6.45) is 6.33. The fraction of sp³-hybridized carbons (Fsp3) is 0.417. The third kappa shape index (κ3) is 6.63. The number of amides is 1. The summed E-state index contributed by atoms with van der Waals surface area (Å²) in [6, 6.07) is 14.8. The Morgan fingerprint density at radius 3 is 2.66 bits per heavy atom. The van der Waals surface area contributed by atoms with Gasteiger partial charge >= 0.3 is 0 Å². The van der Waals surface area contributed by atoms with Crippen molar-refractivity contribution >= 4 is 52.5 Å². The highest BCUT2D eigenvalue weighted by atomic mass is 35.5. The van der Waals surface area contributed by atoms with E-state index in [0.29, 0.717) is 17.6 Å². The van der Waals surface area contributed by atoms with Crippen molar-refractivity contribution in [3.8, 4) is 0 Å². The van der Waals surface area contributed by atoms with Gasteiger partial charge < -0.3 is 10.2 Å². The van der Waals surface area contributed by atoms with Gasteiger partial charge in [0.2, 0.25) is 5.91 Å². The zero-order valence-corrected chi connectivity index (χ0v) is 20.2. The van der Waals surface area contributed by atoms with Gasteiger partial charge in [0.1, 0.15) is 5.82 Å². The second kappa shape index (κ2) is 11.9. The standard InChI is InChI=1S/C24H27ClFN3OS.ClH/c25-18-11-12-21(26)22(13-18)28-23(30)14-20-16-31-24(27-19-9-5-2-6-10-19)29(20)15-17-7-3-1-4-8-17;/h1,3-4,7-8,11-13,19-20H,2,5-6,9-10,14-16H2,(H,28,30);1H/b27-24-;. The number of nitrogens with zero attached hydrogens (tertiary/aromatic N) is 2. The molecule has 32 heavy (non-hydrogen) atoms. The van der Waals surface area contributed by atoms with Crippen LogP contribution in [-0.2, 0) is 11.3 Å². The Labute approximate surface area is 204 Å². The molecule has 1 unspecified atom stereocenters. The van der Waals surface area contributed by atoms with Crippen LogP contribution in [-0.4, -0.2) is 33.8 Å². The number of amidine groups is 1. The molecular weight excluding hydrogens is 468 g/mol. The Hall–Kier alpha value is -1.76. The largest absolute Gasteiger partial charge is 0.343 e. The van der Waals surface area contributed by atoms with Crippen molar-refractivity contribution in [2.24, 2.45) is 4.99 Å². The van der Waals surface area contributed by atoms with Gasteiger partial charge in [0.15, 0.2) is 5.17 Å². The summed E-state index contributed by atoms with van der Waals surface area (Å²) in [6.45, 7) is 0.711. The van der Waals surface area contributed by atoms with Crippen LogP contribution in [0.15, 0.2) is 53.5 Å². The van der Waals surface area contributed by atoms with Crippen molar-refractivity contribution in [3.05, 3.63) is 64.9 Å². The van der Waals surface area contributed by atoms with E-state index < -0.39 is 5.82 Å². The molecule has 8 heteroatoms. The highest BCUT2D eigenvalue weighted by Gasteiger charge is 2.33. The fourth-order valence-corrected chi connectivity index (χ4v) is 5.55. The Morgan fingerprint density at radius 2 is 1.91 bits per heavy atom. The van der Waals surface area contributed by atoms with Gasteiger partial charge in [-0.2, -0.15) is 0 Å². The minimum absolute atomic E-state index is 0. The number of halogens is 3. The third-order valence-corrected chi connectivity index (χ3v) is 7.16. The molecule has 2 aliphatic rings. The molecule has 1 aliphatic carbocycles. The van der Waals surface area contributed by atoms with E-state index in [1.807, 2.05) is 18.2 Å². The normalized spacial score (nSPS) is 20.2. The molecule has 2 fully saturated rings. The number of hydrogen-bond acceptors (Lipinski definition) is 3. The van der Waals surface area contributed by atoms with E-state index in [0.717, 1.165) is 23.8 Å². The van der Waals surface area contributed by atoms with Gasteiger partial charge in [-0.05, 0) is 36.6 Å². The number of benzene rings is 2. The van der Waals surface area contributed by atoms with Gasteiger partial charge in [-0.3, -0.25) is 9.79 Å². The van der Waals surface area contributed by atoms with Crippen molar-refractivity contribution in [1.82, 2.24) is 4.90 Å². The summed E-state index contributed by atoms with van der Waals surface area (Å²) in [5.41, 5.74) is 1.31. The van der Waals surface area contributed by atoms with Crippen LogP contribution in [0.5, 0.6) is 0 Å². The zero-order valence-electron chi connectivity index (χ0n) is 17.8. The molecule has 1 aliphatic heterocycles. The van der Waals surface area contributed by atoms with Gasteiger partial charge in [-0.1, -0.05) is 73.0 Å². The number of aliphatic imine (C=N–C) groups is 1. The molecule has 0 aromatic heterocycles. The Bertz CT molecular complexity index is 938. The molecule has 4 nitrogen and oxygen atoms in total. The molecule has 2 aromatic rings. The average Bonchev–Trinajstić information content (AvgIpc) is 3.13. The van der Waals surface area contributed by atoms with E-state index in [1.54, 1.807) is 11.8 Å². The lowest BCUT2D eigenvalue weighted by atomic mass is 9.96. The van der Waals surface area contributed by atoms with Crippen molar-refractivity contribution < 1.29 is 9.18 Å². The molecular formula is C24H28Cl2FN3OS. The second-order valence-electron chi connectivity index (χ2n) is 8.16. The van der Waals surface area contributed by atoms with Crippen LogP contribution in [0.4, 0.5) is 10.1 Å². The molecule has 1 atom stereocenters. The molecule has 1 amide bonds. The smallest absolute Gasteiger partial charge is 0.226 e. The molecule has 0 radical (unpaired) electrons. The number of carbonyl (C=O) groups excluding carboxylic acids is 1. The molecule has 1 heterocycles. The van der Waals surface area contributed by atoms with E-state index in [2.05, 4.69) is 22.3 Å². The highest BCUT2D eigenvalue weighted by Crippen LogP contribution is 2.31. The number of hydrogen-bond donors (Lipinski definition) is 1. The van der Waals surface area contributed by atoms with Crippen LogP contribution in [0.2, 0.25) is 5.02 Å². The topological polar surface area (TPSA) is 44.7 Å². The molecule has 0 bridgehead atoms. The van der Waals surface area contributed by atoms with Crippen LogP contribution in [0.25, 0.3) is 0 Å². The van der Waals surface area contributed by atoms with Gasteiger partial charge in [0, 0.05) is 29.8 Å². The van der Waals surface area contributed by atoms with Crippen LogP contribution >= 0.6 is 35.8 Å². The van der Waals surface area contributed by atoms with Crippen LogP contribution in [0.3, 0.4) is 0 Å². The lowest BCUT2D eigenvalue weighted by molar-refractivity contribution is -0.117. The zero-order chi connectivity index (χ0) is 21.6. The van der Waals surface area contributed by atoms with Crippen LogP contribution < -0.4 is 5.32 Å². The van der Waals surface area contributed by atoms with Crippen LogP contribution in [0, 0.1) is 5.82 Å². The second-order valence-corrected chi connectivity index (χ2v) is 9.58. The first-order chi connectivity index (χ1) is 15.1. The SMILES string of the molecule is Cl.O=C(CC1CS/C(=N\C2CCCCC2)N1Cc1ccccc1)Nc1cc(Cl)ccc1F. The Kier molecular flexibility index (Phi) is 9.26. The summed E-state index contributed by atoms with van der Waals surface area (Å²) in [5.74, 6) is 0.0899. The minimum Gasteiger partial charge on any atom is -0.343 e. The molecule has 172 valence electrons. The quantitative estimate of drug-likeness (QED) is 0.494. The van der Waals surface area contributed by atoms with Crippen molar-refractivity contribution in [2.45, 2.75) is 57.2 Å². The molecule has 4 rings (SSSR count). The molecule has 1 saturated heterocycles. The van der Waals surface area contributed by atoms with E-state index in [9.17, 15) is 9.18 Å². The highest BCUT2D eigenvalue weighted by molar-refractivity contribution is 8.14. The summed E-state index contributed by atoms with van der Waals surface area (Å²) >= 11 is 7.68. The first-order valence-electron chi connectivity index (χ1n) is 10.8. The lowest BCUT2D eigenvalue weighted by Gasteiger charge is -2.27. The maximum Gasteiger partial charge on any atom is 0.226 e. The maximum absolute atomic E-state index is 14.0. The predicted octanol–water partition coefficient (Wildman–Crippen LogP) is 6.54. The first kappa shape index (κ1) is 24.9. The molecule has 2 aromatic carbocycles. The number of thioether (sulfide) groups is 1.